The molecular formula is C31H46O. The number of fused-ring (bicyclic) bond motifs is 5. The molecule has 1 N–H and O–H groups in total. The van der Waals surface area contributed by atoms with Gasteiger partial charge in [0.1, 0.15) is 0 Å². The summed E-state index contributed by atoms with van der Waals surface area (Å²) in [5, 5.41) is 11.7. The van der Waals surface area contributed by atoms with Crippen LogP contribution in [-0.2, 0) is 6.42 Å². The average molecular weight is 435 g/mol. The van der Waals surface area contributed by atoms with E-state index >= 15 is 0 Å². The first kappa shape index (κ1) is 22.7. The summed E-state index contributed by atoms with van der Waals surface area (Å²) < 4.78 is 0. The van der Waals surface area contributed by atoms with Crippen molar-refractivity contribution in [3.05, 3.63) is 47.5 Å². The van der Waals surface area contributed by atoms with Gasteiger partial charge in [-0.3, -0.25) is 0 Å². The van der Waals surface area contributed by atoms with Crippen molar-refractivity contribution in [2.24, 2.45) is 40.4 Å². The van der Waals surface area contributed by atoms with Crippen molar-refractivity contribution < 1.29 is 5.11 Å². The Bertz CT molecular complexity index is 837. The molecule has 0 bridgehead atoms. The Morgan fingerprint density at radius 2 is 1.78 bits per heavy atom. The molecule has 0 aromatic heterocycles. The van der Waals surface area contributed by atoms with Gasteiger partial charge in [0.2, 0.25) is 0 Å². The topological polar surface area (TPSA) is 20.2 Å². The van der Waals surface area contributed by atoms with E-state index in [4.69, 9.17) is 0 Å². The Hall–Kier alpha value is -1.08. The Morgan fingerprint density at radius 1 is 1.00 bits per heavy atom. The number of aliphatic hydroxyl groups is 1. The van der Waals surface area contributed by atoms with Gasteiger partial charge in [-0.2, -0.15) is 0 Å². The summed E-state index contributed by atoms with van der Waals surface area (Å²) in [6.45, 7) is 9.81. The highest BCUT2D eigenvalue weighted by molar-refractivity contribution is 5.25. The van der Waals surface area contributed by atoms with E-state index in [9.17, 15) is 5.11 Å². The maximum absolute atomic E-state index is 11.7. The van der Waals surface area contributed by atoms with Crippen LogP contribution in [0.2, 0.25) is 0 Å². The second kappa shape index (κ2) is 8.30. The zero-order valence-electron chi connectivity index (χ0n) is 21.1. The van der Waals surface area contributed by atoms with E-state index in [2.05, 4.69) is 64.1 Å². The van der Waals surface area contributed by atoms with Gasteiger partial charge in [-0.05, 0) is 124 Å². The minimum atomic E-state index is -0.537. The predicted molar refractivity (Wildman–Crippen MR) is 134 cm³/mol. The minimum absolute atomic E-state index is 0.321. The Labute approximate surface area is 197 Å². The third kappa shape index (κ3) is 3.71. The van der Waals surface area contributed by atoms with E-state index in [1.807, 2.05) is 5.57 Å². The van der Waals surface area contributed by atoms with Gasteiger partial charge < -0.3 is 5.11 Å². The van der Waals surface area contributed by atoms with Crippen LogP contribution < -0.4 is 0 Å². The first-order valence-corrected chi connectivity index (χ1v) is 13.7. The normalized spacial score (nSPS) is 42.9. The van der Waals surface area contributed by atoms with E-state index in [0.717, 1.165) is 42.9 Å². The molecule has 4 aliphatic rings. The minimum Gasteiger partial charge on any atom is -0.390 e. The molecule has 1 aromatic rings. The largest absolute Gasteiger partial charge is 0.390 e. The number of rotatable bonds is 5. The molecule has 8 atom stereocenters. The third-order valence-corrected chi connectivity index (χ3v) is 11.1. The Morgan fingerprint density at radius 3 is 2.56 bits per heavy atom. The molecule has 32 heavy (non-hydrogen) atoms. The highest BCUT2D eigenvalue weighted by Crippen LogP contribution is 2.67. The van der Waals surface area contributed by atoms with Gasteiger partial charge in [-0.15, -0.1) is 0 Å². The van der Waals surface area contributed by atoms with Crippen LogP contribution in [0.25, 0.3) is 0 Å². The Kier molecular flexibility index (Phi) is 5.89. The molecule has 3 saturated carbocycles. The SMILES string of the molecule is C[C@H]1CC[C@@]2(C)C(=CC[C@H]3[C@@H]4CC[C@H]([C@@](C)(O)CCCc5ccccc5)[C@@]4(C)CC[C@@H]32)C1. The predicted octanol–water partition coefficient (Wildman–Crippen LogP) is 7.98. The van der Waals surface area contributed by atoms with Crippen molar-refractivity contribution in [1.29, 1.82) is 0 Å². The van der Waals surface area contributed by atoms with Gasteiger partial charge in [-0.25, -0.2) is 0 Å². The van der Waals surface area contributed by atoms with Gasteiger partial charge in [0.25, 0.3) is 0 Å². The molecule has 1 aromatic carbocycles. The van der Waals surface area contributed by atoms with Crippen LogP contribution in [0.1, 0.15) is 97.5 Å². The molecule has 0 heterocycles. The van der Waals surface area contributed by atoms with Gasteiger partial charge in [0.15, 0.2) is 0 Å². The van der Waals surface area contributed by atoms with Crippen LogP contribution >= 0.6 is 0 Å². The van der Waals surface area contributed by atoms with Gasteiger partial charge in [-0.1, -0.05) is 62.8 Å². The smallest absolute Gasteiger partial charge is 0.0653 e. The summed E-state index contributed by atoms with van der Waals surface area (Å²) in [4.78, 5) is 0. The highest BCUT2D eigenvalue weighted by Gasteiger charge is 2.61. The summed E-state index contributed by atoms with van der Waals surface area (Å²) >= 11 is 0. The lowest BCUT2D eigenvalue weighted by molar-refractivity contribution is -0.104. The first-order valence-electron chi connectivity index (χ1n) is 13.7. The van der Waals surface area contributed by atoms with Crippen molar-refractivity contribution in [1.82, 2.24) is 0 Å². The van der Waals surface area contributed by atoms with Crippen molar-refractivity contribution >= 4 is 0 Å². The van der Waals surface area contributed by atoms with Crippen LogP contribution in [-0.4, -0.2) is 10.7 Å². The monoisotopic (exact) mass is 434 g/mol. The van der Waals surface area contributed by atoms with Crippen LogP contribution in [0.15, 0.2) is 42.0 Å². The van der Waals surface area contributed by atoms with Crippen LogP contribution in [0, 0.1) is 40.4 Å². The quantitative estimate of drug-likeness (QED) is 0.466. The van der Waals surface area contributed by atoms with Crippen molar-refractivity contribution in [3.8, 4) is 0 Å². The van der Waals surface area contributed by atoms with Gasteiger partial charge in [0.05, 0.1) is 5.60 Å². The summed E-state index contributed by atoms with van der Waals surface area (Å²) in [7, 11) is 0. The summed E-state index contributed by atoms with van der Waals surface area (Å²) in [5.74, 6) is 3.87. The molecule has 5 rings (SSSR count). The average Bonchev–Trinajstić information content (AvgIpc) is 3.13. The zero-order chi connectivity index (χ0) is 22.6. The first-order chi connectivity index (χ1) is 15.2. The molecule has 0 amide bonds. The molecule has 0 saturated heterocycles. The number of benzene rings is 1. The molecule has 0 radical (unpaired) electrons. The summed E-state index contributed by atoms with van der Waals surface area (Å²) in [6, 6.07) is 10.8. The molecule has 0 spiro atoms. The highest BCUT2D eigenvalue weighted by atomic mass is 16.3. The van der Waals surface area contributed by atoms with Gasteiger partial charge in [0, 0.05) is 0 Å². The zero-order valence-corrected chi connectivity index (χ0v) is 21.1. The number of hydrogen-bond acceptors (Lipinski definition) is 1. The van der Waals surface area contributed by atoms with Crippen LogP contribution in [0.4, 0.5) is 0 Å². The molecule has 0 aliphatic heterocycles. The Balaban J connectivity index is 1.30. The second-order valence-corrected chi connectivity index (χ2v) is 13.0. The molecule has 1 nitrogen and oxygen atoms in total. The number of aryl methyl sites for hydroxylation is 1. The fraction of sp³-hybridized carbons (Fsp3) is 0.742. The number of hydrogen-bond donors (Lipinski definition) is 1. The maximum atomic E-state index is 11.7. The molecule has 1 heteroatoms. The lowest BCUT2D eigenvalue weighted by atomic mass is 9.46. The number of allylic oxidation sites excluding steroid dienone is 2. The van der Waals surface area contributed by atoms with Crippen LogP contribution in [0.3, 0.4) is 0 Å². The van der Waals surface area contributed by atoms with E-state index in [0.29, 0.717) is 16.7 Å². The van der Waals surface area contributed by atoms with E-state index in [1.54, 1.807) is 0 Å². The van der Waals surface area contributed by atoms with E-state index in [-0.39, 0.29) is 0 Å². The maximum Gasteiger partial charge on any atom is 0.0653 e. The summed E-state index contributed by atoms with van der Waals surface area (Å²) in [5.41, 5.74) is 3.46. The van der Waals surface area contributed by atoms with Crippen molar-refractivity contribution in [3.63, 3.8) is 0 Å². The van der Waals surface area contributed by atoms with E-state index < -0.39 is 5.60 Å². The van der Waals surface area contributed by atoms with Gasteiger partial charge >= 0.3 is 0 Å². The molecule has 176 valence electrons. The van der Waals surface area contributed by atoms with Crippen LogP contribution in [0.5, 0.6) is 0 Å². The lowest BCUT2D eigenvalue weighted by Gasteiger charge is -2.59. The van der Waals surface area contributed by atoms with Crippen molar-refractivity contribution in [2.45, 2.75) is 104 Å². The summed E-state index contributed by atoms with van der Waals surface area (Å²) in [6.07, 6.45) is 16.6. The fourth-order valence-electron chi connectivity index (χ4n) is 9.33. The molecule has 3 fully saturated rings. The standard InChI is InChI=1S/C31H46O/c1-22-16-19-29(2)24(21-22)12-13-25-26-14-15-28(30(26,3)20-17-27(25)29)31(4,32)18-8-11-23-9-6-5-7-10-23/h5-7,9-10,12,22,25-28,32H,8,11,13-21H2,1-4H3/t22-,25-,26-,27-,28-,29-,30-,31-/m0/s1. The molecular weight excluding hydrogens is 388 g/mol. The second-order valence-electron chi connectivity index (χ2n) is 13.0. The lowest BCUT2D eigenvalue weighted by Crippen LogP contribution is -2.52. The third-order valence-electron chi connectivity index (χ3n) is 11.1. The fourth-order valence-corrected chi connectivity index (χ4v) is 9.33. The molecule has 4 aliphatic carbocycles. The molecule has 0 unspecified atom stereocenters. The van der Waals surface area contributed by atoms with E-state index in [1.165, 1.54) is 56.9 Å². The van der Waals surface area contributed by atoms with Crippen molar-refractivity contribution in [2.75, 3.05) is 0 Å².